The Bertz CT molecular complexity index is 283. The molecule has 0 aliphatic rings. The molecule has 0 aromatic heterocycles. The third-order valence-corrected chi connectivity index (χ3v) is 3.94. The zero-order valence-corrected chi connectivity index (χ0v) is 10.3. The molecule has 1 aromatic rings. The molecule has 1 aromatic carbocycles. The molecule has 14 heavy (non-hydrogen) atoms. The van der Waals surface area contributed by atoms with Gasteiger partial charge in [-0.1, -0.05) is 0 Å². The van der Waals surface area contributed by atoms with E-state index < -0.39 is 0 Å². The Balaban J connectivity index is 2.57. The Kier molecular flexibility index (Phi) is 4.71. The van der Waals surface area contributed by atoms with Gasteiger partial charge in [-0.25, -0.2) is 0 Å². The molecule has 76 valence electrons. The van der Waals surface area contributed by atoms with Crippen LogP contribution in [0.2, 0.25) is 0 Å². The number of hydrogen-bond acceptors (Lipinski definition) is 1. The van der Waals surface area contributed by atoms with Crippen molar-refractivity contribution in [1.82, 2.24) is 4.90 Å². The van der Waals surface area contributed by atoms with Crippen LogP contribution < -0.4 is 4.46 Å². The van der Waals surface area contributed by atoms with Crippen molar-refractivity contribution in [2.45, 2.75) is 13.8 Å². The van der Waals surface area contributed by atoms with Gasteiger partial charge in [0.25, 0.3) is 0 Å². The second-order valence-corrected chi connectivity index (χ2v) is 5.00. The SMILES string of the molecule is CCN(CC)C(=O)[Se]c1ccccc1. The van der Waals surface area contributed by atoms with E-state index in [4.69, 9.17) is 0 Å². The number of carbonyl (C=O) groups is 1. The van der Waals surface area contributed by atoms with E-state index >= 15 is 0 Å². The molecule has 0 radical (unpaired) electrons. The van der Waals surface area contributed by atoms with Crippen molar-refractivity contribution in [3.63, 3.8) is 0 Å². The number of rotatable bonds is 4. The van der Waals surface area contributed by atoms with E-state index in [1.54, 1.807) is 0 Å². The summed E-state index contributed by atoms with van der Waals surface area (Å²) in [6.07, 6.45) is 0. The second-order valence-electron chi connectivity index (χ2n) is 2.85. The summed E-state index contributed by atoms with van der Waals surface area (Å²) in [5, 5.41) is 0. The summed E-state index contributed by atoms with van der Waals surface area (Å²) in [5.74, 6) is 0. The normalized spacial score (nSPS) is 9.86. The summed E-state index contributed by atoms with van der Waals surface area (Å²) in [4.78, 5) is 13.9. The van der Waals surface area contributed by atoms with E-state index in [0.717, 1.165) is 17.6 Å². The van der Waals surface area contributed by atoms with E-state index in [1.165, 1.54) is 0 Å². The fourth-order valence-electron chi connectivity index (χ4n) is 1.14. The van der Waals surface area contributed by atoms with Gasteiger partial charge < -0.3 is 0 Å². The molecule has 0 bridgehead atoms. The van der Waals surface area contributed by atoms with Crippen LogP contribution in [-0.2, 0) is 0 Å². The van der Waals surface area contributed by atoms with Crippen LogP contribution in [0.25, 0.3) is 0 Å². The van der Waals surface area contributed by atoms with Gasteiger partial charge in [0.2, 0.25) is 0 Å². The van der Waals surface area contributed by atoms with Gasteiger partial charge in [0, 0.05) is 0 Å². The Morgan fingerprint density at radius 1 is 1.21 bits per heavy atom. The minimum absolute atomic E-state index is 0.0622. The number of benzene rings is 1. The fourth-order valence-corrected chi connectivity index (χ4v) is 2.99. The number of hydrogen-bond donors (Lipinski definition) is 0. The Morgan fingerprint density at radius 3 is 2.29 bits per heavy atom. The third kappa shape index (κ3) is 3.17. The number of amides is 1. The van der Waals surface area contributed by atoms with Crippen LogP contribution in [0.15, 0.2) is 30.3 Å². The van der Waals surface area contributed by atoms with Crippen LogP contribution in [0.3, 0.4) is 0 Å². The molecule has 0 unspecified atom stereocenters. The molecule has 3 heteroatoms. The molecule has 2 nitrogen and oxygen atoms in total. The Morgan fingerprint density at radius 2 is 1.79 bits per heavy atom. The summed E-state index contributed by atoms with van der Waals surface area (Å²) in [7, 11) is 0. The zero-order valence-electron chi connectivity index (χ0n) is 8.56. The van der Waals surface area contributed by atoms with E-state index in [0.29, 0.717) is 0 Å². The quantitative estimate of drug-likeness (QED) is 0.747. The Labute approximate surface area is 91.5 Å². The molecule has 1 amide bonds. The predicted molar refractivity (Wildman–Crippen MR) is 60.1 cm³/mol. The van der Waals surface area contributed by atoms with Crippen molar-refractivity contribution < 1.29 is 4.79 Å². The maximum atomic E-state index is 11.7. The van der Waals surface area contributed by atoms with Crippen LogP contribution in [0.5, 0.6) is 0 Å². The monoisotopic (exact) mass is 257 g/mol. The second kappa shape index (κ2) is 5.84. The van der Waals surface area contributed by atoms with Gasteiger partial charge in [0.1, 0.15) is 0 Å². The summed E-state index contributed by atoms with van der Waals surface area (Å²) < 4.78 is 1.15. The molecule has 0 spiro atoms. The first-order chi connectivity index (χ1) is 6.77. The van der Waals surface area contributed by atoms with Gasteiger partial charge in [-0.2, -0.15) is 0 Å². The molecule has 0 aliphatic carbocycles. The van der Waals surface area contributed by atoms with Crippen molar-refractivity contribution in [1.29, 1.82) is 0 Å². The van der Waals surface area contributed by atoms with Gasteiger partial charge in [-0.3, -0.25) is 0 Å². The summed E-state index contributed by atoms with van der Waals surface area (Å²) in [6.45, 7) is 5.65. The molecule has 0 fully saturated rings. The van der Waals surface area contributed by atoms with Crippen LogP contribution in [-0.4, -0.2) is 37.8 Å². The molecule has 0 saturated heterocycles. The van der Waals surface area contributed by atoms with Crippen molar-refractivity contribution in [3.05, 3.63) is 30.3 Å². The molecule has 1 rings (SSSR count). The van der Waals surface area contributed by atoms with Gasteiger partial charge in [0.15, 0.2) is 0 Å². The molecule has 0 saturated carbocycles. The first kappa shape index (κ1) is 11.3. The van der Waals surface area contributed by atoms with E-state index in [-0.39, 0.29) is 19.8 Å². The summed E-state index contributed by atoms with van der Waals surface area (Å²) in [5.41, 5.74) is 0. The topological polar surface area (TPSA) is 20.3 Å². The number of nitrogens with zero attached hydrogens (tertiary/aromatic N) is 1. The van der Waals surface area contributed by atoms with Crippen molar-refractivity contribution >= 4 is 24.2 Å². The van der Waals surface area contributed by atoms with E-state index in [9.17, 15) is 4.79 Å². The molecule has 0 aliphatic heterocycles. The zero-order chi connectivity index (χ0) is 10.4. The average molecular weight is 256 g/mol. The molecule has 0 N–H and O–H groups in total. The minimum atomic E-state index is -0.0622. The average Bonchev–Trinajstić information content (AvgIpc) is 2.21. The predicted octanol–water partition coefficient (Wildman–Crippen LogP) is 1.48. The standard InChI is InChI=1S/C11H15NOSe/c1-3-12(4-2)11(13)14-10-8-6-5-7-9-10/h5-9H,3-4H2,1-2H3. The van der Waals surface area contributed by atoms with Crippen LogP contribution in [0, 0.1) is 0 Å². The van der Waals surface area contributed by atoms with Crippen LogP contribution in [0.4, 0.5) is 4.79 Å². The third-order valence-electron chi connectivity index (χ3n) is 1.97. The van der Waals surface area contributed by atoms with E-state index in [1.807, 2.05) is 49.1 Å². The van der Waals surface area contributed by atoms with Crippen molar-refractivity contribution in [2.75, 3.05) is 13.1 Å². The first-order valence-electron chi connectivity index (χ1n) is 4.79. The summed E-state index contributed by atoms with van der Waals surface area (Å²) >= 11 is -0.0622. The van der Waals surface area contributed by atoms with Crippen LogP contribution in [0.1, 0.15) is 13.8 Å². The Hall–Kier alpha value is -0.791. The van der Waals surface area contributed by atoms with Gasteiger partial charge in [0.05, 0.1) is 0 Å². The van der Waals surface area contributed by atoms with Gasteiger partial charge in [-0.15, -0.1) is 0 Å². The molecular weight excluding hydrogens is 241 g/mol. The fraction of sp³-hybridized carbons (Fsp3) is 0.364. The van der Waals surface area contributed by atoms with Crippen LogP contribution >= 0.6 is 0 Å². The molecular formula is C11H15NOSe. The van der Waals surface area contributed by atoms with Crippen molar-refractivity contribution in [2.24, 2.45) is 0 Å². The van der Waals surface area contributed by atoms with E-state index in [2.05, 4.69) is 0 Å². The molecule has 0 atom stereocenters. The first-order valence-corrected chi connectivity index (χ1v) is 6.51. The van der Waals surface area contributed by atoms with Gasteiger partial charge >= 0.3 is 91.2 Å². The summed E-state index contributed by atoms with van der Waals surface area (Å²) in [6, 6.07) is 9.96. The molecule has 0 heterocycles. The van der Waals surface area contributed by atoms with Gasteiger partial charge in [-0.05, 0) is 0 Å². The maximum absolute atomic E-state index is 11.7. The van der Waals surface area contributed by atoms with Crippen molar-refractivity contribution in [3.8, 4) is 0 Å². The number of carbonyl (C=O) groups excluding carboxylic acids is 1.